The quantitative estimate of drug-likeness (QED) is 0.137. The summed E-state index contributed by atoms with van der Waals surface area (Å²) in [7, 11) is -11.4. The zero-order valence-electron chi connectivity index (χ0n) is 36.9. The van der Waals surface area contributed by atoms with E-state index in [9.17, 15) is 31.2 Å². The van der Waals surface area contributed by atoms with E-state index in [4.69, 9.17) is 27.4 Å². The van der Waals surface area contributed by atoms with Crippen LogP contribution in [-0.4, -0.2) is 89.4 Å². The molecule has 0 atom stereocenters. The number of benzene rings is 6. The minimum atomic E-state index is -3.33. The Kier molecular flexibility index (Phi) is 15.0. The van der Waals surface area contributed by atoms with Crippen molar-refractivity contribution in [3.8, 4) is 0 Å². The third-order valence-corrected chi connectivity index (χ3v) is 13.0. The van der Waals surface area contributed by atoms with Crippen molar-refractivity contribution in [2.24, 2.45) is 0 Å². The fourth-order valence-electron chi connectivity index (χ4n) is 6.90. The lowest BCUT2D eigenvalue weighted by Gasteiger charge is -2.31. The molecular weight excluding hydrogens is 877 g/mol. The fourth-order valence-corrected chi connectivity index (χ4v) is 8.16. The molecule has 2 aliphatic heterocycles. The highest BCUT2D eigenvalue weighted by Crippen LogP contribution is 2.16. The molecule has 21 heteroatoms. The molecule has 0 unspecified atom stereocenters. The highest BCUT2D eigenvalue weighted by Gasteiger charge is 2.45. The molecule has 2 fully saturated rings. The molecule has 0 amide bonds. The van der Waals surface area contributed by atoms with Gasteiger partial charge in [0.05, 0.1) is 9.79 Å². The molecule has 0 spiro atoms. The van der Waals surface area contributed by atoms with E-state index in [2.05, 4.69) is 0 Å². The van der Waals surface area contributed by atoms with Crippen LogP contribution in [0.4, 0.5) is 0 Å². The minimum Gasteiger partial charge on any atom is -0.445 e. The number of sulfone groups is 2. The molecule has 330 valence electrons. The van der Waals surface area contributed by atoms with E-state index in [1.807, 2.05) is 31.2 Å². The van der Waals surface area contributed by atoms with Crippen molar-refractivity contribution in [1.82, 2.24) is 0 Å². The Balaban J connectivity index is 0.000000196. The van der Waals surface area contributed by atoms with Crippen LogP contribution in [-0.2, 0) is 47.1 Å². The molecule has 0 radical (unpaired) electrons. The van der Waals surface area contributed by atoms with Crippen LogP contribution in [0.15, 0.2) is 155 Å². The van der Waals surface area contributed by atoms with Crippen molar-refractivity contribution in [2.45, 2.75) is 37.5 Å². The number of carbonyl (C=O) groups is 3. The number of aryl methyl sites for hydroxylation is 1. The van der Waals surface area contributed by atoms with Crippen LogP contribution in [0, 0.1) is 6.92 Å². The Morgan fingerprint density at radius 1 is 0.333 bits per heavy atom. The summed E-state index contributed by atoms with van der Waals surface area (Å²) in [5.74, 6) is -0.0771. The lowest BCUT2D eigenvalue weighted by molar-refractivity contribution is 0.100. The predicted octanol–water partition coefficient (Wildman–Crippen LogP) is 2.20. The van der Waals surface area contributed by atoms with E-state index in [0.29, 0.717) is 27.6 Å². The zero-order valence-corrected chi connectivity index (χ0v) is 38.6. The van der Waals surface area contributed by atoms with Gasteiger partial charge in [0.2, 0.25) is 0 Å². The second-order valence-corrected chi connectivity index (χ2v) is 20.0. The number of hydrogen-bond acceptors (Lipinski definition) is 13. The second kappa shape index (κ2) is 20.5. The summed E-state index contributed by atoms with van der Waals surface area (Å²) in [5, 5.41) is 0. The van der Waals surface area contributed by atoms with Crippen molar-refractivity contribution in [3.05, 3.63) is 168 Å². The molecule has 0 aromatic heterocycles. The third kappa shape index (κ3) is 12.0. The first-order valence-corrected chi connectivity index (χ1v) is 24.5. The van der Waals surface area contributed by atoms with E-state index >= 15 is 0 Å². The molecule has 0 saturated carbocycles. The number of ketones is 3. The first-order valence-electron chi connectivity index (χ1n) is 20.7. The van der Waals surface area contributed by atoms with Crippen LogP contribution in [0.2, 0.25) is 0 Å². The van der Waals surface area contributed by atoms with Gasteiger partial charge in [0.25, 0.3) is 0 Å². The van der Waals surface area contributed by atoms with Crippen LogP contribution in [0.5, 0.6) is 0 Å². The van der Waals surface area contributed by atoms with Gasteiger partial charge in [-0.3, -0.25) is 14.4 Å². The maximum absolute atomic E-state index is 11.8. The lowest BCUT2D eigenvalue weighted by atomic mass is 9.61. The van der Waals surface area contributed by atoms with Crippen molar-refractivity contribution in [2.75, 3.05) is 12.5 Å². The Morgan fingerprint density at radius 2 is 0.515 bits per heavy atom. The van der Waals surface area contributed by atoms with E-state index in [0.717, 1.165) is 39.9 Å². The van der Waals surface area contributed by atoms with Crippen molar-refractivity contribution in [1.29, 1.82) is 0 Å². The van der Waals surface area contributed by atoms with Gasteiger partial charge < -0.3 is 27.4 Å². The molecule has 6 aromatic rings. The monoisotopic (exact) mass is 920 g/mol. The lowest BCUT2D eigenvalue weighted by Crippen LogP contribution is -2.61. The molecule has 2 saturated heterocycles. The van der Waals surface area contributed by atoms with Crippen LogP contribution in [0.1, 0.15) is 57.4 Å². The highest BCUT2D eigenvalue weighted by atomic mass is 32.2. The second-order valence-electron chi connectivity index (χ2n) is 15.9. The first kappa shape index (κ1) is 48.3. The molecule has 2 heterocycles. The maximum atomic E-state index is 11.8. The minimum absolute atomic E-state index is 0.0257. The summed E-state index contributed by atoms with van der Waals surface area (Å²) in [5.41, 5.74) is 7.12. The average molecular weight is 920 g/mol. The van der Waals surface area contributed by atoms with E-state index < -0.39 is 62.4 Å². The van der Waals surface area contributed by atoms with Crippen LogP contribution < -0.4 is 32.8 Å². The SMILES string of the molecule is CC(=O)c1ccc(B2OB(c3ccc(C(C)=O)cc3)OB(c3ccc(C(C)=O)cc3)O2)cc1.Cc1ccc(B2OB(c3ccc(S(C)(=O)=O)cc3)OB(c3ccc(S(C)(=O)=O)cc3)O2)cc1. The van der Waals surface area contributed by atoms with Crippen molar-refractivity contribution < 1.29 is 58.7 Å². The summed E-state index contributed by atoms with van der Waals surface area (Å²) in [6, 6.07) is 41.4. The van der Waals surface area contributed by atoms with Gasteiger partial charge in [0.15, 0.2) is 37.0 Å². The molecule has 0 N–H and O–H groups in total. The number of rotatable bonds is 11. The van der Waals surface area contributed by atoms with Crippen LogP contribution >= 0.6 is 0 Å². The molecule has 2 aliphatic rings. The van der Waals surface area contributed by atoms with Gasteiger partial charge in [0.1, 0.15) is 0 Å². The summed E-state index contributed by atoms with van der Waals surface area (Å²) < 4.78 is 83.7. The topological polar surface area (TPSA) is 175 Å². The number of hydrogen-bond donors (Lipinski definition) is 0. The molecular formula is C45H42B6O13S2. The van der Waals surface area contributed by atoms with Crippen LogP contribution in [0.25, 0.3) is 0 Å². The Morgan fingerprint density at radius 3 is 0.697 bits per heavy atom. The summed E-state index contributed by atoms with van der Waals surface area (Å²) in [6.07, 6.45) is 2.29. The number of carbonyl (C=O) groups excluding carboxylic acids is 3. The maximum Gasteiger partial charge on any atom is 0.467 e. The van der Waals surface area contributed by atoms with Gasteiger partial charge in [-0.2, -0.15) is 0 Å². The molecule has 0 aliphatic carbocycles. The van der Waals surface area contributed by atoms with Gasteiger partial charge in [-0.25, -0.2) is 16.8 Å². The largest absolute Gasteiger partial charge is 0.467 e. The van der Waals surface area contributed by atoms with Crippen molar-refractivity contribution >= 4 is 113 Å². The van der Waals surface area contributed by atoms with Gasteiger partial charge in [-0.1, -0.05) is 127 Å². The predicted molar refractivity (Wildman–Crippen MR) is 258 cm³/mol. The summed E-state index contributed by atoms with van der Waals surface area (Å²) >= 11 is 0. The molecule has 13 nitrogen and oxygen atoms in total. The first-order chi connectivity index (χ1) is 31.3. The third-order valence-electron chi connectivity index (χ3n) is 10.8. The molecule has 8 rings (SSSR count). The van der Waals surface area contributed by atoms with Gasteiger partial charge >= 0.3 is 42.7 Å². The molecule has 0 bridgehead atoms. The van der Waals surface area contributed by atoms with Gasteiger partial charge in [-0.05, 0) is 84.7 Å². The summed E-state index contributed by atoms with van der Waals surface area (Å²) in [6.45, 7) is 6.52. The Hall–Kier alpha value is -5.62. The number of Topliss-reactive ketones (excluding diaryl/α,β-unsaturated/α-hetero) is 3. The van der Waals surface area contributed by atoms with E-state index in [1.54, 1.807) is 97.1 Å². The average Bonchev–Trinajstić information content (AvgIpc) is 3.31. The molecule has 6 aromatic carbocycles. The zero-order chi connectivity index (χ0) is 47.3. The Labute approximate surface area is 387 Å². The standard InChI is InChI=1S/C24H21B3O6.C21H21B3O7S2/c1-16(28)19-4-10-22(11-5-19)25-31-26(23-12-6-20(7-13-23)17(2)29)33-27(32-25)24-14-8-21(9-15-24)18(3)30;1-16-4-6-17(7-5-16)22-29-23(18-8-12-20(13-9-18)32(2,25)26)31-24(30-22)19-10-14-21(15-11-19)33(3,27)28/h2*4-15H,1-3H3. The Bertz CT molecular complexity index is 2680. The van der Waals surface area contributed by atoms with Crippen molar-refractivity contribution in [3.63, 3.8) is 0 Å². The van der Waals surface area contributed by atoms with E-state index in [1.165, 1.54) is 45.0 Å². The van der Waals surface area contributed by atoms with E-state index in [-0.39, 0.29) is 27.1 Å². The van der Waals surface area contributed by atoms with Gasteiger partial charge in [-0.15, -0.1) is 0 Å². The highest BCUT2D eigenvalue weighted by molar-refractivity contribution is 7.91. The van der Waals surface area contributed by atoms with Crippen LogP contribution in [0.3, 0.4) is 0 Å². The summed E-state index contributed by atoms with van der Waals surface area (Å²) in [4.78, 5) is 35.3. The van der Waals surface area contributed by atoms with Gasteiger partial charge in [0, 0.05) is 29.2 Å². The fraction of sp³-hybridized carbons (Fsp3) is 0.133. The normalized spacial score (nSPS) is 14.4. The smallest absolute Gasteiger partial charge is 0.445 e. The molecule has 66 heavy (non-hydrogen) atoms.